The van der Waals surface area contributed by atoms with Crippen molar-refractivity contribution in [3.05, 3.63) is 6.20 Å². The molecule has 0 radical (unpaired) electrons. The number of hydrogen-bond acceptors (Lipinski definition) is 7. The molecule has 3 rings (SSSR count). The van der Waals surface area contributed by atoms with E-state index < -0.39 is 0 Å². The second kappa shape index (κ2) is 11.9. The molecule has 2 N–H and O–H groups in total. The summed E-state index contributed by atoms with van der Waals surface area (Å²) in [6, 6.07) is 0.601. The number of aromatic nitrogens is 1. The molecule has 1 aromatic rings. The van der Waals surface area contributed by atoms with Crippen LogP contribution >= 0.6 is 23.1 Å². The fourth-order valence-electron chi connectivity index (χ4n) is 4.24. The van der Waals surface area contributed by atoms with Crippen molar-refractivity contribution in [3.8, 4) is 0 Å². The molecule has 7 nitrogen and oxygen atoms in total. The Kier molecular flexibility index (Phi) is 9.27. The molecule has 1 saturated heterocycles. The number of thioether (sulfide) groups is 1. The van der Waals surface area contributed by atoms with Gasteiger partial charge in [-0.2, -0.15) is 0 Å². The van der Waals surface area contributed by atoms with Crippen molar-refractivity contribution in [3.63, 3.8) is 0 Å². The van der Waals surface area contributed by atoms with Gasteiger partial charge in [-0.15, -0.1) is 11.8 Å². The first-order chi connectivity index (χ1) is 14.6. The summed E-state index contributed by atoms with van der Waals surface area (Å²) in [5.74, 6) is 1.23. The molecule has 0 atom stereocenters. The number of urea groups is 1. The molecule has 2 amide bonds. The summed E-state index contributed by atoms with van der Waals surface area (Å²) >= 11 is 3.04. The Labute approximate surface area is 187 Å². The predicted octanol–water partition coefficient (Wildman–Crippen LogP) is 4.35. The van der Waals surface area contributed by atoms with Crippen LogP contribution in [0.5, 0.6) is 0 Å². The van der Waals surface area contributed by atoms with E-state index in [0.717, 1.165) is 48.9 Å². The van der Waals surface area contributed by atoms with Gasteiger partial charge in [-0.3, -0.25) is 10.1 Å². The SMILES string of the molecule is CCOC(=O)CCSc1cnc(NC(=O)N(C2CCNCC2)C2CCC(C)CC2)s1. The lowest BCUT2D eigenvalue weighted by molar-refractivity contribution is -0.142. The monoisotopic (exact) mass is 454 g/mol. The van der Waals surface area contributed by atoms with Gasteiger partial charge in [0.2, 0.25) is 0 Å². The maximum Gasteiger partial charge on any atom is 0.324 e. The van der Waals surface area contributed by atoms with Gasteiger partial charge < -0.3 is 15.0 Å². The number of thiazole rings is 1. The van der Waals surface area contributed by atoms with Crippen LogP contribution in [0.4, 0.5) is 9.93 Å². The third kappa shape index (κ3) is 6.85. The number of hydrogen-bond donors (Lipinski definition) is 2. The minimum atomic E-state index is -0.178. The third-order valence-corrected chi connectivity index (χ3v) is 7.98. The largest absolute Gasteiger partial charge is 0.466 e. The first-order valence-electron chi connectivity index (χ1n) is 11.1. The van der Waals surface area contributed by atoms with Crippen molar-refractivity contribution in [2.24, 2.45) is 5.92 Å². The van der Waals surface area contributed by atoms with Gasteiger partial charge in [0, 0.05) is 17.8 Å². The van der Waals surface area contributed by atoms with Crippen LogP contribution in [0.25, 0.3) is 0 Å². The number of nitrogens with zero attached hydrogens (tertiary/aromatic N) is 2. The summed E-state index contributed by atoms with van der Waals surface area (Å²) in [5, 5.41) is 7.09. The number of carbonyl (C=O) groups excluding carboxylic acids is 2. The molecule has 1 aromatic heterocycles. The van der Waals surface area contributed by atoms with Crippen molar-refractivity contribution in [2.45, 2.75) is 75.1 Å². The van der Waals surface area contributed by atoms with Crippen molar-refractivity contribution in [2.75, 3.05) is 30.8 Å². The van der Waals surface area contributed by atoms with Crippen molar-refractivity contribution < 1.29 is 14.3 Å². The number of amides is 2. The standard InChI is InChI=1S/C21H34N4O3S2/c1-3-28-18(26)10-13-29-19-14-23-20(30-19)24-21(27)25(17-8-11-22-12-9-17)16-6-4-15(2)5-7-16/h14-17,22H,3-13H2,1-2H3,(H,23,24,27). The van der Waals surface area contributed by atoms with E-state index in [1.807, 2.05) is 6.92 Å². The summed E-state index contributed by atoms with van der Waals surface area (Å²) in [4.78, 5) is 31.2. The van der Waals surface area contributed by atoms with E-state index in [4.69, 9.17) is 4.74 Å². The zero-order chi connectivity index (χ0) is 21.3. The highest BCUT2D eigenvalue weighted by Crippen LogP contribution is 2.32. The highest BCUT2D eigenvalue weighted by molar-refractivity contribution is 8.01. The molecular weight excluding hydrogens is 420 g/mol. The minimum absolute atomic E-state index is 0.0149. The molecule has 0 bridgehead atoms. The predicted molar refractivity (Wildman–Crippen MR) is 122 cm³/mol. The molecular formula is C21H34N4O3S2. The van der Waals surface area contributed by atoms with E-state index in [9.17, 15) is 9.59 Å². The third-order valence-electron chi connectivity index (χ3n) is 5.87. The summed E-state index contributed by atoms with van der Waals surface area (Å²) in [5.41, 5.74) is 0. The molecule has 1 aliphatic carbocycles. The molecule has 2 fully saturated rings. The fraction of sp³-hybridized carbons (Fsp3) is 0.762. The fourth-order valence-corrected chi connectivity index (χ4v) is 6.10. The number of carbonyl (C=O) groups is 2. The molecule has 0 spiro atoms. The van der Waals surface area contributed by atoms with Gasteiger partial charge in [0.15, 0.2) is 5.13 Å². The minimum Gasteiger partial charge on any atom is -0.466 e. The van der Waals surface area contributed by atoms with E-state index in [1.54, 1.807) is 18.0 Å². The average Bonchev–Trinajstić information content (AvgIpc) is 3.18. The van der Waals surface area contributed by atoms with E-state index in [1.165, 1.54) is 24.2 Å². The van der Waals surface area contributed by atoms with E-state index in [-0.39, 0.29) is 12.0 Å². The topological polar surface area (TPSA) is 83.6 Å². The molecule has 9 heteroatoms. The van der Waals surface area contributed by atoms with Gasteiger partial charge in [-0.05, 0) is 64.5 Å². The van der Waals surface area contributed by atoms with Crippen molar-refractivity contribution in [1.82, 2.24) is 15.2 Å². The van der Waals surface area contributed by atoms with Crippen molar-refractivity contribution >= 4 is 40.2 Å². The molecule has 30 heavy (non-hydrogen) atoms. The number of piperidine rings is 1. The number of rotatable bonds is 8. The highest BCUT2D eigenvalue weighted by Gasteiger charge is 2.34. The van der Waals surface area contributed by atoms with Gasteiger partial charge in [-0.25, -0.2) is 9.78 Å². The lowest BCUT2D eigenvalue weighted by Crippen LogP contribution is -2.53. The van der Waals surface area contributed by atoms with Crippen LogP contribution in [-0.2, 0) is 9.53 Å². The Balaban J connectivity index is 1.57. The zero-order valence-corrected chi connectivity index (χ0v) is 19.7. The zero-order valence-electron chi connectivity index (χ0n) is 18.0. The van der Waals surface area contributed by atoms with Crippen LogP contribution in [-0.4, -0.2) is 59.4 Å². The van der Waals surface area contributed by atoms with Gasteiger partial charge in [0.25, 0.3) is 0 Å². The van der Waals surface area contributed by atoms with Crippen LogP contribution in [0.15, 0.2) is 10.4 Å². The van der Waals surface area contributed by atoms with Gasteiger partial charge in [-0.1, -0.05) is 18.3 Å². The molecule has 0 unspecified atom stereocenters. The summed E-state index contributed by atoms with van der Waals surface area (Å²) < 4.78 is 5.95. The van der Waals surface area contributed by atoms with E-state index in [0.29, 0.717) is 36.0 Å². The molecule has 168 valence electrons. The van der Waals surface area contributed by atoms with Crippen molar-refractivity contribution in [1.29, 1.82) is 0 Å². The summed E-state index contributed by atoms with van der Waals surface area (Å²) in [6.45, 7) is 6.46. The van der Waals surface area contributed by atoms with Crippen LogP contribution in [0.2, 0.25) is 0 Å². The Morgan fingerprint density at radius 3 is 2.63 bits per heavy atom. The Hall–Kier alpha value is -1.32. The van der Waals surface area contributed by atoms with Gasteiger partial charge in [0.1, 0.15) is 0 Å². The van der Waals surface area contributed by atoms with Crippen LogP contribution in [0.1, 0.15) is 58.8 Å². The average molecular weight is 455 g/mol. The Morgan fingerprint density at radius 2 is 1.93 bits per heavy atom. The first-order valence-corrected chi connectivity index (χ1v) is 12.9. The van der Waals surface area contributed by atoms with Crippen LogP contribution in [0, 0.1) is 5.92 Å². The van der Waals surface area contributed by atoms with Gasteiger partial charge in [0.05, 0.1) is 23.4 Å². The number of anilines is 1. The van der Waals surface area contributed by atoms with E-state index in [2.05, 4.69) is 27.4 Å². The first kappa shape index (κ1) is 23.3. The molecule has 2 aliphatic rings. The van der Waals surface area contributed by atoms with E-state index >= 15 is 0 Å². The lowest BCUT2D eigenvalue weighted by Gasteiger charge is -2.42. The second-order valence-corrected chi connectivity index (χ2v) is 10.5. The summed E-state index contributed by atoms with van der Waals surface area (Å²) in [7, 11) is 0. The molecule has 0 aromatic carbocycles. The Morgan fingerprint density at radius 1 is 1.23 bits per heavy atom. The maximum absolute atomic E-state index is 13.3. The molecule has 2 heterocycles. The summed E-state index contributed by atoms with van der Waals surface area (Å²) in [6.07, 6.45) is 8.72. The maximum atomic E-state index is 13.3. The molecule has 1 aliphatic heterocycles. The lowest BCUT2D eigenvalue weighted by atomic mass is 9.85. The quantitative estimate of drug-likeness (QED) is 0.449. The van der Waals surface area contributed by atoms with Crippen LogP contribution in [0.3, 0.4) is 0 Å². The van der Waals surface area contributed by atoms with Gasteiger partial charge >= 0.3 is 12.0 Å². The number of ether oxygens (including phenoxy) is 1. The normalized spacial score (nSPS) is 22.5. The number of nitrogens with one attached hydrogen (secondary N) is 2. The highest BCUT2D eigenvalue weighted by atomic mass is 32.2. The smallest absolute Gasteiger partial charge is 0.324 e. The molecule has 1 saturated carbocycles. The Bertz CT molecular complexity index is 686. The van der Waals surface area contributed by atoms with Crippen LogP contribution < -0.4 is 10.6 Å². The second-order valence-electron chi connectivity index (χ2n) is 8.12. The number of esters is 1.